The Morgan fingerprint density at radius 2 is 1.83 bits per heavy atom. The number of aliphatic imine (C=N–C) groups is 1. The van der Waals surface area contributed by atoms with Crippen molar-refractivity contribution in [2.24, 2.45) is 4.99 Å². The minimum Gasteiger partial charge on any atom is -0.493 e. The molecule has 1 atom stereocenters. The van der Waals surface area contributed by atoms with Gasteiger partial charge in [-0.15, -0.1) is 0 Å². The van der Waals surface area contributed by atoms with Crippen molar-refractivity contribution in [2.45, 2.75) is 19.9 Å². The predicted molar refractivity (Wildman–Crippen MR) is 117 cm³/mol. The second-order valence-corrected chi connectivity index (χ2v) is 6.91. The summed E-state index contributed by atoms with van der Waals surface area (Å²) in [6, 6.07) is 6.10. The molecule has 0 saturated carbocycles. The van der Waals surface area contributed by atoms with Crippen LogP contribution >= 0.6 is 0 Å². The maximum Gasteiger partial charge on any atom is 0.216 e. The highest BCUT2D eigenvalue weighted by molar-refractivity contribution is 5.80. The normalized spacial score (nSPS) is 15.9. The summed E-state index contributed by atoms with van der Waals surface area (Å²) in [5.41, 5.74) is 1.12. The quantitative estimate of drug-likeness (QED) is 0.292. The molecule has 1 heterocycles. The number of hydrogen-bond donors (Lipinski definition) is 3. The highest BCUT2D eigenvalue weighted by Crippen LogP contribution is 2.32. The molecule has 1 aromatic carbocycles. The summed E-state index contributed by atoms with van der Waals surface area (Å²) < 4.78 is 16.4. The Hall–Kier alpha value is -2.52. The molecule has 168 valence electrons. The van der Waals surface area contributed by atoms with Crippen molar-refractivity contribution in [2.75, 3.05) is 66.7 Å². The van der Waals surface area contributed by atoms with Crippen molar-refractivity contribution in [3.05, 3.63) is 23.8 Å². The molecule has 1 amide bonds. The Kier molecular flexibility index (Phi) is 10.2. The van der Waals surface area contributed by atoms with E-state index in [4.69, 9.17) is 19.2 Å². The van der Waals surface area contributed by atoms with Gasteiger partial charge in [0.15, 0.2) is 17.5 Å². The van der Waals surface area contributed by atoms with Gasteiger partial charge in [-0.05, 0) is 24.6 Å². The molecule has 0 bridgehead atoms. The van der Waals surface area contributed by atoms with E-state index in [1.807, 2.05) is 19.1 Å². The number of carbonyl (C=O) groups is 1. The van der Waals surface area contributed by atoms with Gasteiger partial charge in [0.2, 0.25) is 5.91 Å². The summed E-state index contributed by atoms with van der Waals surface area (Å²) in [6.45, 7) is 9.13. The Bertz CT molecular complexity index is 692. The molecule has 1 aliphatic rings. The number of nitrogens with one attached hydrogen (secondary N) is 3. The van der Waals surface area contributed by atoms with E-state index in [0.717, 1.165) is 31.2 Å². The average Bonchev–Trinajstić information content (AvgIpc) is 2.77. The van der Waals surface area contributed by atoms with Crippen LogP contribution < -0.4 is 25.4 Å². The Morgan fingerprint density at radius 1 is 1.13 bits per heavy atom. The van der Waals surface area contributed by atoms with Crippen LogP contribution in [0.25, 0.3) is 0 Å². The summed E-state index contributed by atoms with van der Waals surface area (Å²) in [5.74, 6) is 2.09. The highest BCUT2D eigenvalue weighted by Gasteiger charge is 2.24. The van der Waals surface area contributed by atoms with E-state index >= 15 is 0 Å². The topological polar surface area (TPSA) is 96.5 Å². The lowest BCUT2D eigenvalue weighted by Gasteiger charge is -2.34. The first-order chi connectivity index (χ1) is 14.6. The summed E-state index contributed by atoms with van der Waals surface area (Å²) in [5, 5.41) is 9.30. The molecular weight excluding hydrogens is 386 g/mol. The van der Waals surface area contributed by atoms with Crippen LogP contribution in [0.1, 0.15) is 25.5 Å². The fourth-order valence-electron chi connectivity index (χ4n) is 3.32. The number of methoxy groups -OCH3 is 2. The SMILES string of the molecule is CCNC(=NCC(c1ccc(OC)c(OC)c1)N1CCOCC1)NCCNC(C)=O. The molecule has 0 radical (unpaired) electrons. The van der Waals surface area contributed by atoms with Crippen LogP contribution in [0.4, 0.5) is 0 Å². The zero-order valence-electron chi connectivity index (χ0n) is 18.5. The van der Waals surface area contributed by atoms with Crippen molar-refractivity contribution in [1.82, 2.24) is 20.9 Å². The molecule has 1 fully saturated rings. The number of hydrogen-bond acceptors (Lipinski definition) is 6. The third kappa shape index (κ3) is 7.38. The van der Waals surface area contributed by atoms with Crippen LogP contribution in [-0.4, -0.2) is 83.5 Å². The fourth-order valence-corrected chi connectivity index (χ4v) is 3.32. The fraction of sp³-hybridized carbons (Fsp3) is 0.619. The molecule has 0 spiro atoms. The Morgan fingerprint density at radius 3 is 2.47 bits per heavy atom. The van der Waals surface area contributed by atoms with E-state index < -0.39 is 0 Å². The highest BCUT2D eigenvalue weighted by atomic mass is 16.5. The third-order valence-electron chi connectivity index (χ3n) is 4.84. The van der Waals surface area contributed by atoms with Crippen molar-refractivity contribution < 1.29 is 19.0 Å². The first-order valence-corrected chi connectivity index (χ1v) is 10.4. The standard InChI is InChI=1S/C21H35N5O4/c1-5-22-21(24-9-8-23-16(2)27)25-15-18(26-10-12-30-13-11-26)17-6-7-19(28-3)20(14-17)29-4/h6-7,14,18H,5,8-13,15H2,1-4H3,(H,23,27)(H2,22,24,25). The lowest BCUT2D eigenvalue weighted by Crippen LogP contribution is -2.43. The van der Waals surface area contributed by atoms with Crippen molar-refractivity contribution in [3.63, 3.8) is 0 Å². The molecule has 0 aromatic heterocycles. The molecule has 9 heteroatoms. The molecule has 9 nitrogen and oxygen atoms in total. The van der Waals surface area contributed by atoms with E-state index in [1.165, 1.54) is 6.92 Å². The Labute approximate surface area is 179 Å². The molecule has 1 saturated heterocycles. The lowest BCUT2D eigenvalue weighted by molar-refractivity contribution is -0.118. The van der Waals surface area contributed by atoms with Gasteiger partial charge in [-0.2, -0.15) is 0 Å². The summed E-state index contributed by atoms with van der Waals surface area (Å²) in [6.07, 6.45) is 0. The maximum absolute atomic E-state index is 11.0. The van der Waals surface area contributed by atoms with E-state index in [1.54, 1.807) is 14.2 Å². The average molecular weight is 422 g/mol. The van der Waals surface area contributed by atoms with Gasteiger partial charge in [0.1, 0.15) is 0 Å². The van der Waals surface area contributed by atoms with Crippen LogP contribution in [0.2, 0.25) is 0 Å². The first kappa shape index (κ1) is 23.8. The third-order valence-corrected chi connectivity index (χ3v) is 4.84. The van der Waals surface area contributed by atoms with Crippen LogP contribution in [0.3, 0.4) is 0 Å². The number of amides is 1. The van der Waals surface area contributed by atoms with Gasteiger partial charge in [0.25, 0.3) is 0 Å². The van der Waals surface area contributed by atoms with Gasteiger partial charge < -0.3 is 30.2 Å². The zero-order valence-corrected chi connectivity index (χ0v) is 18.5. The molecule has 2 rings (SSSR count). The van der Waals surface area contributed by atoms with Crippen LogP contribution in [-0.2, 0) is 9.53 Å². The van der Waals surface area contributed by atoms with Gasteiger partial charge >= 0.3 is 0 Å². The van der Waals surface area contributed by atoms with E-state index in [9.17, 15) is 4.79 Å². The molecule has 1 unspecified atom stereocenters. The van der Waals surface area contributed by atoms with Gasteiger partial charge in [-0.25, -0.2) is 0 Å². The van der Waals surface area contributed by atoms with E-state index in [0.29, 0.717) is 44.3 Å². The molecule has 30 heavy (non-hydrogen) atoms. The largest absolute Gasteiger partial charge is 0.493 e. The van der Waals surface area contributed by atoms with Gasteiger partial charge in [-0.3, -0.25) is 14.7 Å². The van der Waals surface area contributed by atoms with Crippen molar-refractivity contribution in [1.29, 1.82) is 0 Å². The number of carbonyl (C=O) groups excluding carboxylic acids is 1. The molecular formula is C21H35N5O4. The van der Waals surface area contributed by atoms with E-state index in [-0.39, 0.29) is 11.9 Å². The minimum atomic E-state index is -0.0421. The second kappa shape index (κ2) is 12.9. The van der Waals surface area contributed by atoms with Crippen LogP contribution in [0, 0.1) is 0 Å². The van der Waals surface area contributed by atoms with E-state index in [2.05, 4.69) is 26.9 Å². The molecule has 1 aromatic rings. The monoisotopic (exact) mass is 421 g/mol. The Balaban J connectivity index is 2.17. The zero-order chi connectivity index (χ0) is 21.8. The van der Waals surface area contributed by atoms with Crippen molar-refractivity contribution in [3.8, 4) is 11.5 Å². The smallest absolute Gasteiger partial charge is 0.216 e. The number of morpholine rings is 1. The van der Waals surface area contributed by atoms with Crippen LogP contribution in [0.15, 0.2) is 23.2 Å². The maximum atomic E-state index is 11.0. The number of rotatable bonds is 10. The number of nitrogens with zero attached hydrogens (tertiary/aromatic N) is 2. The van der Waals surface area contributed by atoms with Gasteiger partial charge in [0, 0.05) is 39.6 Å². The number of benzene rings is 1. The van der Waals surface area contributed by atoms with Crippen LogP contribution in [0.5, 0.6) is 11.5 Å². The summed E-state index contributed by atoms with van der Waals surface area (Å²) >= 11 is 0. The van der Waals surface area contributed by atoms with Crippen molar-refractivity contribution >= 4 is 11.9 Å². The summed E-state index contributed by atoms with van der Waals surface area (Å²) in [7, 11) is 3.28. The minimum absolute atomic E-state index is 0.0421. The predicted octanol–water partition coefficient (Wildman–Crippen LogP) is 0.768. The second-order valence-electron chi connectivity index (χ2n) is 6.91. The van der Waals surface area contributed by atoms with Gasteiger partial charge in [-0.1, -0.05) is 6.07 Å². The molecule has 3 N–H and O–H groups in total. The molecule has 0 aliphatic carbocycles. The number of guanidine groups is 1. The van der Waals surface area contributed by atoms with Gasteiger partial charge in [0.05, 0.1) is 40.0 Å². The first-order valence-electron chi connectivity index (χ1n) is 10.4. The molecule has 1 aliphatic heterocycles. The lowest BCUT2D eigenvalue weighted by atomic mass is 10.0. The summed E-state index contributed by atoms with van der Waals surface area (Å²) in [4.78, 5) is 18.2. The number of ether oxygens (including phenoxy) is 3.